The van der Waals surface area contributed by atoms with Crippen LogP contribution in [0.1, 0.15) is 63.4 Å². The van der Waals surface area contributed by atoms with E-state index in [0.717, 1.165) is 29.9 Å². The first-order valence-electron chi connectivity index (χ1n) is 12.5. The Morgan fingerprint density at radius 3 is 2.03 bits per heavy atom. The highest BCUT2D eigenvalue weighted by atomic mass is 19.1. The highest BCUT2D eigenvalue weighted by molar-refractivity contribution is 5.69. The summed E-state index contributed by atoms with van der Waals surface area (Å²) in [5.41, 5.74) is 2.37. The van der Waals surface area contributed by atoms with Gasteiger partial charge in [0.1, 0.15) is 23.1 Å². The average Bonchev–Trinajstić information content (AvgIpc) is 2.89. The lowest BCUT2D eigenvalue weighted by Gasteiger charge is -2.29. The summed E-state index contributed by atoms with van der Waals surface area (Å²) in [7, 11) is 1.56. The van der Waals surface area contributed by atoms with Crippen LogP contribution >= 0.6 is 0 Å². The molecule has 3 aromatic rings. The van der Waals surface area contributed by atoms with Crippen molar-refractivity contribution in [2.75, 3.05) is 7.11 Å². The minimum atomic E-state index is -0.845. The van der Waals surface area contributed by atoms with Crippen LogP contribution in [0, 0.1) is 11.7 Å². The number of benzene rings is 3. The van der Waals surface area contributed by atoms with E-state index in [-0.39, 0.29) is 5.82 Å². The highest BCUT2D eigenvalue weighted by Crippen LogP contribution is 2.39. The Kier molecular flexibility index (Phi) is 8.40. The van der Waals surface area contributed by atoms with Crippen LogP contribution in [0.5, 0.6) is 17.2 Å². The predicted molar refractivity (Wildman–Crippen MR) is 136 cm³/mol. The van der Waals surface area contributed by atoms with Gasteiger partial charge in [-0.1, -0.05) is 50.5 Å². The monoisotopic (exact) mass is 476 g/mol. The van der Waals surface area contributed by atoms with Crippen LogP contribution in [0.25, 0.3) is 11.1 Å². The van der Waals surface area contributed by atoms with Crippen LogP contribution in [-0.4, -0.2) is 13.3 Å². The predicted octanol–water partition coefficient (Wildman–Crippen LogP) is 8.54. The molecule has 1 fully saturated rings. The van der Waals surface area contributed by atoms with Gasteiger partial charge in [-0.3, -0.25) is 0 Å². The molecule has 0 aliphatic heterocycles. The molecule has 0 heterocycles. The molecule has 4 nitrogen and oxygen atoms in total. The number of carbonyl (C=O) groups is 1. The van der Waals surface area contributed by atoms with E-state index in [4.69, 9.17) is 14.2 Å². The molecule has 5 heteroatoms. The van der Waals surface area contributed by atoms with Gasteiger partial charge in [-0.15, -0.1) is 0 Å². The van der Waals surface area contributed by atoms with Crippen molar-refractivity contribution >= 4 is 6.16 Å². The molecular formula is C30H33FO4. The Balaban J connectivity index is 1.34. The number of ether oxygens (including phenoxy) is 3. The quantitative estimate of drug-likeness (QED) is 0.241. The fourth-order valence-corrected chi connectivity index (χ4v) is 4.86. The SMILES string of the molecule is CCCCC1CCC(c2ccc(-c3ccc(OC(=O)Oc4ccc(OC)cc4)cc3)c(F)c2)CC1. The molecule has 35 heavy (non-hydrogen) atoms. The molecule has 184 valence electrons. The maximum Gasteiger partial charge on any atom is 0.519 e. The molecule has 0 N–H and O–H groups in total. The number of methoxy groups -OCH3 is 1. The van der Waals surface area contributed by atoms with Gasteiger partial charge in [-0.05, 0) is 91.1 Å². The van der Waals surface area contributed by atoms with Gasteiger partial charge in [0.25, 0.3) is 0 Å². The highest BCUT2D eigenvalue weighted by Gasteiger charge is 2.23. The van der Waals surface area contributed by atoms with E-state index < -0.39 is 6.16 Å². The van der Waals surface area contributed by atoms with Gasteiger partial charge >= 0.3 is 6.16 Å². The molecule has 0 bridgehead atoms. The van der Waals surface area contributed by atoms with Crippen molar-refractivity contribution < 1.29 is 23.4 Å². The molecule has 0 radical (unpaired) electrons. The first kappa shape index (κ1) is 24.8. The van der Waals surface area contributed by atoms with E-state index >= 15 is 4.39 Å². The van der Waals surface area contributed by atoms with Crippen LogP contribution in [0.15, 0.2) is 66.7 Å². The zero-order chi connectivity index (χ0) is 24.6. The molecule has 1 aliphatic rings. The van der Waals surface area contributed by atoms with E-state index in [1.54, 1.807) is 61.7 Å². The molecule has 1 aliphatic carbocycles. The van der Waals surface area contributed by atoms with E-state index in [1.807, 2.05) is 6.07 Å². The second kappa shape index (κ2) is 11.9. The first-order chi connectivity index (χ1) is 17.1. The number of hydrogen-bond acceptors (Lipinski definition) is 4. The summed E-state index contributed by atoms with van der Waals surface area (Å²) in [6.45, 7) is 2.24. The molecular weight excluding hydrogens is 443 g/mol. The van der Waals surface area contributed by atoms with Crippen molar-refractivity contribution in [1.82, 2.24) is 0 Å². The topological polar surface area (TPSA) is 44.8 Å². The van der Waals surface area contributed by atoms with Crippen LogP contribution in [0.3, 0.4) is 0 Å². The summed E-state index contributed by atoms with van der Waals surface area (Å²) in [5, 5.41) is 0. The number of halogens is 1. The Morgan fingerprint density at radius 2 is 1.46 bits per heavy atom. The van der Waals surface area contributed by atoms with E-state index in [0.29, 0.717) is 28.7 Å². The lowest BCUT2D eigenvalue weighted by atomic mass is 9.77. The molecule has 0 amide bonds. The summed E-state index contributed by atoms with van der Waals surface area (Å²) in [5.74, 6) is 2.40. The summed E-state index contributed by atoms with van der Waals surface area (Å²) in [6, 6.07) is 19.0. The zero-order valence-electron chi connectivity index (χ0n) is 20.5. The molecule has 3 aromatic carbocycles. The van der Waals surface area contributed by atoms with Gasteiger partial charge in [0, 0.05) is 5.56 Å². The van der Waals surface area contributed by atoms with Gasteiger partial charge in [-0.2, -0.15) is 0 Å². The normalized spacial score (nSPS) is 17.6. The molecule has 1 saturated carbocycles. The van der Waals surface area contributed by atoms with E-state index in [9.17, 15) is 4.79 Å². The van der Waals surface area contributed by atoms with Gasteiger partial charge in [-0.25, -0.2) is 9.18 Å². The molecule has 0 atom stereocenters. The minimum Gasteiger partial charge on any atom is -0.497 e. The summed E-state index contributed by atoms with van der Waals surface area (Å²) in [6.07, 6.45) is 7.84. The van der Waals surface area contributed by atoms with Crippen LogP contribution in [-0.2, 0) is 0 Å². The second-order valence-corrected chi connectivity index (χ2v) is 9.25. The molecule has 0 spiro atoms. The molecule has 0 aromatic heterocycles. The fourth-order valence-electron chi connectivity index (χ4n) is 4.86. The standard InChI is InChI=1S/C30H33FO4/c1-3-4-5-21-6-8-22(9-7-21)24-12-19-28(29(31)20-24)23-10-13-26(14-11-23)34-30(32)35-27-17-15-25(33-2)16-18-27/h10-22H,3-9H2,1-2H3. The molecule has 0 unspecified atom stereocenters. The number of carbonyl (C=O) groups excluding carboxylic acids is 1. The van der Waals surface area contributed by atoms with Gasteiger partial charge in [0.2, 0.25) is 0 Å². The van der Waals surface area contributed by atoms with Crippen LogP contribution < -0.4 is 14.2 Å². The smallest absolute Gasteiger partial charge is 0.497 e. The third-order valence-corrected chi connectivity index (χ3v) is 6.90. The fraction of sp³-hybridized carbons (Fsp3) is 0.367. The zero-order valence-corrected chi connectivity index (χ0v) is 20.5. The Hall–Kier alpha value is -3.34. The van der Waals surface area contributed by atoms with Crippen molar-refractivity contribution in [3.63, 3.8) is 0 Å². The summed E-state index contributed by atoms with van der Waals surface area (Å²) in [4.78, 5) is 12.1. The van der Waals surface area contributed by atoms with Crippen molar-refractivity contribution in [1.29, 1.82) is 0 Å². The molecule has 0 saturated heterocycles. The lowest BCUT2D eigenvalue weighted by molar-refractivity contribution is 0.152. The third kappa shape index (κ3) is 6.62. The number of unbranched alkanes of at least 4 members (excludes halogenated alkanes) is 1. The van der Waals surface area contributed by atoms with Crippen LogP contribution in [0.4, 0.5) is 9.18 Å². The lowest BCUT2D eigenvalue weighted by Crippen LogP contribution is -2.13. The largest absolute Gasteiger partial charge is 0.519 e. The summed E-state index contributed by atoms with van der Waals surface area (Å²) >= 11 is 0. The van der Waals surface area contributed by atoms with E-state index in [2.05, 4.69) is 13.0 Å². The van der Waals surface area contributed by atoms with E-state index in [1.165, 1.54) is 32.1 Å². The van der Waals surface area contributed by atoms with Gasteiger partial charge in [0.05, 0.1) is 7.11 Å². The molecule has 4 rings (SSSR count). The van der Waals surface area contributed by atoms with Crippen molar-refractivity contribution in [2.45, 2.75) is 57.8 Å². The number of hydrogen-bond donors (Lipinski definition) is 0. The van der Waals surface area contributed by atoms with Crippen molar-refractivity contribution in [3.05, 3.63) is 78.1 Å². The Labute approximate surface area is 207 Å². The average molecular weight is 477 g/mol. The van der Waals surface area contributed by atoms with Gasteiger partial charge < -0.3 is 14.2 Å². The second-order valence-electron chi connectivity index (χ2n) is 9.25. The Morgan fingerprint density at radius 1 is 0.857 bits per heavy atom. The number of rotatable bonds is 8. The maximum absolute atomic E-state index is 15.0. The van der Waals surface area contributed by atoms with Crippen molar-refractivity contribution in [3.8, 4) is 28.4 Å². The third-order valence-electron chi connectivity index (χ3n) is 6.90. The van der Waals surface area contributed by atoms with Crippen LogP contribution in [0.2, 0.25) is 0 Å². The first-order valence-corrected chi connectivity index (χ1v) is 12.5. The maximum atomic E-state index is 15.0. The Bertz CT molecular complexity index is 1100. The summed E-state index contributed by atoms with van der Waals surface area (Å²) < 4.78 is 30.5. The van der Waals surface area contributed by atoms with Crippen molar-refractivity contribution in [2.24, 2.45) is 5.92 Å². The minimum absolute atomic E-state index is 0.219. The van der Waals surface area contributed by atoms with Gasteiger partial charge in [0.15, 0.2) is 0 Å².